The molecule has 0 heterocycles. The van der Waals surface area contributed by atoms with Crippen molar-refractivity contribution in [3.05, 3.63) is 59.1 Å². The van der Waals surface area contributed by atoms with Gasteiger partial charge in [-0.1, -0.05) is 29.8 Å². The van der Waals surface area contributed by atoms with Gasteiger partial charge in [-0.05, 0) is 37.3 Å². The van der Waals surface area contributed by atoms with Gasteiger partial charge < -0.3 is 4.74 Å². The van der Waals surface area contributed by atoms with Crippen LogP contribution in [0.15, 0.2) is 53.4 Å². The van der Waals surface area contributed by atoms with Crippen molar-refractivity contribution < 1.29 is 17.9 Å². The summed E-state index contributed by atoms with van der Waals surface area (Å²) in [5.74, 6) is -0.559. The molecule has 0 spiro atoms. The van der Waals surface area contributed by atoms with Crippen molar-refractivity contribution in [2.75, 3.05) is 18.0 Å². The molecule has 2 rings (SSSR count). The molecule has 2 aromatic carbocycles. The zero-order valence-corrected chi connectivity index (χ0v) is 14.3. The standard InChI is InChI=1S/C16H16ClNO4S/c1-3-18(23(20,21)13-7-5-4-6-8-13)15-11-12(16(19)22-2)9-10-14(15)17/h4-11H,3H2,1-2H3. The zero-order valence-electron chi connectivity index (χ0n) is 12.7. The minimum atomic E-state index is -3.78. The van der Waals surface area contributed by atoms with E-state index in [1.807, 2.05) is 0 Å². The van der Waals surface area contributed by atoms with Gasteiger partial charge in [0.15, 0.2) is 0 Å². The maximum absolute atomic E-state index is 12.8. The molecule has 0 aromatic heterocycles. The number of carbonyl (C=O) groups is 1. The van der Waals surface area contributed by atoms with Gasteiger partial charge >= 0.3 is 5.97 Å². The van der Waals surface area contributed by atoms with E-state index in [-0.39, 0.29) is 27.7 Å². The fraction of sp³-hybridized carbons (Fsp3) is 0.188. The van der Waals surface area contributed by atoms with Crippen LogP contribution in [0.25, 0.3) is 0 Å². The molecule has 0 N–H and O–H groups in total. The largest absolute Gasteiger partial charge is 0.465 e. The molecule has 5 nitrogen and oxygen atoms in total. The van der Waals surface area contributed by atoms with E-state index in [9.17, 15) is 13.2 Å². The fourth-order valence-corrected chi connectivity index (χ4v) is 3.91. The van der Waals surface area contributed by atoms with Gasteiger partial charge in [0.2, 0.25) is 0 Å². The van der Waals surface area contributed by atoms with Crippen LogP contribution in [0.4, 0.5) is 5.69 Å². The Hall–Kier alpha value is -2.05. The van der Waals surface area contributed by atoms with E-state index in [0.717, 1.165) is 4.31 Å². The van der Waals surface area contributed by atoms with Gasteiger partial charge in [-0.2, -0.15) is 0 Å². The summed E-state index contributed by atoms with van der Waals surface area (Å²) in [6.07, 6.45) is 0. The van der Waals surface area contributed by atoms with Gasteiger partial charge in [0.05, 0.1) is 28.3 Å². The number of ether oxygens (including phenoxy) is 1. The van der Waals surface area contributed by atoms with Crippen LogP contribution in [0.2, 0.25) is 5.02 Å². The van der Waals surface area contributed by atoms with Gasteiger partial charge in [0.1, 0.15) is 0 Å². The quantitative estimate of drug-likeness (QED) is 0.773. The Morgan fingerprint density at radius 3 is 2.39 bits per heavy atom. The third-order valence-electron chi connectivity index (χ3n) is 3.25. The number of anilines is 1. The number of benzene rings is 2. The minimum Gasteiger partial charge on any atom is -0.465 e. The fourth-order valence-electron chi connectivity index (χ4n) is 2.14. The first-order chi connectivity index (χ1) is 10.9. The highest BCUT2D eigenvalue weighted by atomic mass is 35.5. The first-order valence-electron chi connectivity index (χ1n) is 6.87. The lowest BCUT2D eigenvalue weighted by molar-refractivity contribution is 0.0600. The predicted molar refractivity (Wildman–Crippen MR) is 89.4 cm³/mol. The van der Waals surface area contributed by atoms with Crippen LogP contribution < -0.4 is 4.31 Å². The van der Waals surface area contributed by atoms with Crippen molar-refractivity contribution >= 4 is 33.3 Å². The molecule has 0 aliphatic heterocycles. The monoisotopic (exact) mass is 353 g/mol. The summed E-state index contributed by atoms with van der Waals surface area (Å²) >= 11 is 6.15. The van der Waals surface area contributed by atoms with Gasteiger partial charge in [0, 0.05) is 6.54 Å². The minimum absolute atomic E-state index is 0.154. The van der Waals surface area contributed by atoms with E-state index in [4.69, 9.17) is 11.6 Å². The molecule has 23 heavy (non-hydrogen) atoms. The Morgan fingerprint density at radius 1 is 1.17 bits per heavy atom. The van der Waals surface area contributed by atoms with Crippen molar-refractivity contribution in [1.29, 1.82) is 0 Å². The van der Waals surface area contributed by atoms with Crippen LogP contribution >= 0.6 is 11.6 Å². The molecule has 0 fully saturated rings. The summed E-state index contributed by atoms with van der Waals surface area (Å²) in [6, 6.07) is 12.4. The number of sulfonamides is 1. The summed E-state index contributed by atoms with van der Waals surface area (Å²) in [5.41, 5.74) is 0.467. The van der Waals surface area contributed by atoms with Crippen LogP contribution in [0, 0.1) is 0 Å². The maximum atomic E-state index is 12.8. The first-order valence-corrected chi connectivity index (χ1v) is 8.69. The number of hydrogen-bond acceptors (Lipinski definition) is 4. The summed E-state index contributed by atoms with van der Waals surface area (Å²) in [7, 11) is -2.52. The normalized spacial score (nSPS) is 11.1. The van der Waals surface area contributed by atoms with Gasteiger partial charge in [0.25, 0.3) is 10.0 Å². The van der Waals surface area contributed by atoms with Crippen LogP contribution in [0.1, 0.15) is 17.3 Å². The van der Waals surface area contributed by atoms with Crippen LogP contribution in [-0.4, -0.2) is 28.0 Å². The molecule has 0 aliphatic rings. The molecule has 7 heteroatoms. The van der Waals surface area contributed by atoms with Crippen LogP contribution in [-0.2, 0) is 14.8 Å². The smallest absolute Gasteiger partial charge is 0.337 e. The van der Waals surface area contributed by atoms with Crippen molar-refractivity contribution in [2.24, 2.45) is 0 Å². The molecule has 2 aromatic rings. The molecule has 0 radical (unpaired) electrons. The maximum Gasteiger partial charge on any atom is 0.337 e. The summed E-state index contributed by atoms with van der Waals surface area (Å²) in [4.78, 5) is 11.8. The van der Waals surface area contributed by atoms with Crippen LogP contribution in [0.3, 0.4) is 0 Å². The molecular formula is C16H16ClNO4S. The number of halogens is 1. The topological polar surface area (TPSA) is 63.7 Å². The van der Waals surface area contributed by atoms with E-state index in [2.05, 4.69) is 4.74 Å². The van der Waals surface area contributed by atoms with E-state index in [0.29, 0.717) is 0 Å². The Morgan fingerprint density at radius 2 is 1.83 bits per heavy atom. The van der Waals surface area contributed by atoms with E-state index in [1.54, 1.807) is 25.1 Å². The highest BCUT2D eigenvalue weighted by Crippen LogP contribution is 2.31. The van der Waals surface area contributed by atoms with Crippen molar-refractivity contribution in [2.45, 2.75) is 11.8 Å². The average Bonchev–Trinajstić information content (AvgIpc) is 2.57. The number of carbonyl (C=O) groups excluding carboxylic acids is 1. The number of methoxy groups -OCH3 is 1. The Kier molecular flexibility index (Phi) is 5.28. The lowest BCUT2D eigenvalue weighted by atomic mass is 10.2. The molecule has 0 saturated carbocycles. The van der Waals surface area contributed by atoms with E-state index >= 15 is 0 Å². The Bertz CT molecular complexity index is 806. The lowest BCUT2D eigenvalue weighted by Gasteiger charge is -2.24. The molecule has 0 aliphatic carbocycles. The van der Waals surface area contributed by atoms with Gasteiger partial charge in [-0.3, -0.25) is 4.31 Å². The van der Waals surface area contributed by atoms with Gasteiger partial charge in [-0.15, -0.1) is 0 Å². The zero-order chi connectivity index (χ0) is 17.0. The number of rotatable bonds is 5. The Balaban J connectivity index is 2.56. The molecule has 0 unspecified atom stereocenters. The van der Waals surface area contributed by atoms with E-state index in [1.165, 1.54) is 37.4 Å². The number of nitrogens with zero attached hydrogens (tertiary/aromatic N) is 1. The van der Waals surface area contributed by atoms with Crippen LogP contribution in [0.5, 0.6) is 0 Å². The second-order valence-electron chi connectivity index (χ2n) is 4.64. The highest BCUT2D eigenvalue weighted by molar-refractivity contribution is 7.92. The average molecular weight is 354 g/mol. The van der Waals surface area contributed by atoms with Gasteiger partial charge in [-0.25, -0.2) is 13.2 Å². The second-order valence-corrected chi connectivity index (χ2v) is 6.91. The molecular weight excluding hydrogens is 338 g/mol. The Labute approximate surface area is 140 Å². The van der Waals surface area contributed by atoms with Crippen molar-refractivity contribution in [1.82, 2.24) is 0 Å². The molecule has 0 amide bonds. The number of esters is 1. The molecule has 0 atom stereocenters. The number of hydrogen-bond donors (Lipinski definition) is 0. The molecule has 0 bridgehead atoms. The summed E-state index contributed by atoms with van der Waals surface area (Å²) in [5, 5.41) is 0.235. The van der Waals surface area contributed by atoms with E-state index < -0.39 is 16.0 Å². The third-order valence-corrected chi connectivity index (χ3v) is 5.48. The molecule has 0 saturated heterocycles. The highest BCUT2D eigenvalue weighted by Gasteiger charge is 2.26. The third kappa shape index (κ3) is 3.48. The summed E-state index contributed by atoms with van der Waals surface area (Å²) in [6.45, 7) is 1.86. The lowest BCUT2D eigenvalue weighted by Crippen LogP contribution is -2.31. The molecule has 122 valence electrons. The predicted octanol–water partition coefficient (Wildman–Crippen LogP) is 3.34. The first kappa shape index (κ1) is 17.3. The SMILES string of the molecule is CCN(c1cc(C(=O)OC)ccc1Cl)S(=O)(=O)c1ccccc1. The van der Waals surface area contributed by atoms with Crippen molar-refractivity contribution in [3.63, 3.8) is 0 Å². The second kappa shape index (κ2) is 7.02. The van der Waals surface area contributed by atoms with Crippen molar-refractivity contribution in [3.8, 4) is 0 Å². The summed E-state index contributed by atoms with van der Waals surface area (Å²) < 4.78 is 31.5.